The third-order valence-electron chi connectivity index (χ3n) is 3.90. The lowest BCUT2D eigenvalue weighted by atomic mass is 10.1. The number of nitrogen functional groups attached to an aromatic ring is 1. The summed E-state index contributed by atoms with van der Waals surface area (Å²) in [5.74, 6) is 1.63. The number of aromatic hydroxyl groups is 1. The van der Waals surface area contributed by atoms with Crippen LogP contribution in [0.3, 0.4) is 0 Å². The summed E-state index contributed by atoms with van der Waals surface area (Å²) in [5.41, 5.74) is 8.99. The van der Waals surface area contributed by atoms with Gasteiger partial charge in [-0.05, 0) is 43.9 Å². The molecule has 2 aromatic rings. The zero-order valence-corrected chi connectivity index (χ0v) is 12.1. The minimum absolute atomic E-state index is 0.0760. The van der Waals surface area contributed by atoms with Gasteiger partial charge in [0.2, 0.25) is 0 Å². The second kappa shape index (κ2) is 5.60. The summed E-state index contributed by atoms with van der Waals surface area (Å²) in [7, 11) is 1.52. The van der Waals surface area contributed by atoms with E-state index in [-0.39, 0.29) is 5.75 Å². The number of ether oxygens (including phenoxy) is 1. The number of phenols is 1. The Bertz CT molecular complexity index is 671. The number of aryl methyl sites for hydroxylation is 1. The van der Waals surface area contributed by atoms with E-state index in [4.69, 9.17) is 10.5 Å². The lowest BCUT2D eigenvalue weighted by Crippen LogP contribution is -2.06. The Morgan fingerprint density at radius 2 is 1.95 bits per heavy atom. The predicted octanol–water partition coefficient (Wildman–Crippen LogP) is 2.71. The molecule has 5 nitrogen and oxygen atoms in total. The molecule has 0 spiro atoms. The average Bonchev–Trinajstić information content (AvgIpc) is 2.72. The number of nitrogens with zero attached hydrogens (tertiary/aromatic N) is 2. The first-order chi connectivity index (χ1) is 10.2. The van der Waals surface area contributed by atoms with Crippen LogP contribution >= 0.6 is 0 Å². The van der Waals surface area contributed by atoms with E-state index < -0.39 is 0 Å². The quantitative estimate of drug-likeness (QED) is 0.829. The Morgan fingerprint density at radius 1 is 1.14 bits per heavy atom. The molecule has 1 aromatic heterocycles. The van der Waals surface area contributed by atoms with Crippen LogP contribution in [0.4, 0.5) is 5.82 Å². The van der Waals surface area contributed by atoms with Gasteiger partial charge in [0, 0.05) is 16.8 Å². The van der Waals surface area contributed by atoms with Crippen molar-refractivity contribution in [1.82, 2.24) is 9.97 Å². The van der Waals surface area contributed by atoms with E-state index in [2.05, 4.69) is 9.97 Å². The molecule has 5 heteroatoms. The molecule has 0 unspecified atom stereocenters. The molecule has 1 heterocycles. The highest BCUT2D eigenvalue weighted by molar-refractivity contribution is 5.63. The first-order valence-electron chi connectivity index (χ1n) is 7.21. The van der Waals surface area contributed by atoms with Crippen LogP contribution in [0.25, 0.3) is 11.4 Å². The van der Waals surface area contributed by atoms with E-state index in [9.17, 15) is 5.11 Å². The maximum absolute atomic E-state index is 9.89. The maximum atomic E-state index is 9.89. The van der Waals surface area contributed by atoms with E-state index in [1.807, 2.05) is 6.07 Å². The van der Waals surface area contributed by atoms with Crippen molar-refractivity contribution in [2.24, 2.45) is 0 Å². The highest BCUT2D eigenvalue weighted by Crippen LogP contribution is 2.31. The van der Waals surface area contributed by atoms with Crippen molar-refractivity contribution in [3.63, 3.8) is 0 Å². The number of nitrogens with two attached hydrogens (primary N) is 1. The molecule has 0 fully saturated rings. The van der Waals surface area contributed by atoms with Crippen molar-refractivity contribution in [2.75, 3.05) is 12.8 Å². The molecule has 110 valence electrons. The number of methoxy groups -OCH3 is 1. The summed E-state index contributed by atoms with van der Waals surface area (Å²) in [6.45, 7) is 0. The largest absolute Gasteiger partial charge is 0.504 e. The number of aromatic nitrogens is 2. The van der Waals surface area contributed by atoms with Crippen molar-refractivity contribution in [1.29, 1.82) is 0 Å². The van der Waals surface area contributed by atoms with Gasteiger partial charge in [0.05, 0.1) is 7.11 Å². The monoisotopic (exact) mass is 285 g/mol. The molecule has 1 aromatic carbocycles. The van der Waals surface area contributed by atoms with Gasteiger partial charge in [0.1, 0.15) is 5.82 Å². The van der Waals surface area contributed by atoms with Crippen LogP contribution in [-0.4, -0.2) is 22.2 Å². The smallest absolute Gasteiger partial charge is 0.161 e. The third kappa shape index (κ3) is 2.63. The fourth-order valence-electron chi connectivity index (χ4n) is 2.76. The SMILES string of the molecule is COc1ccc(-c2nc(N)c3c(n2)CCCCC3)cc1O. The zero-order chi connectivity index (χ0) is 14.8. The van der Waals surface area contributed by atoms with Crippen molar-refractivity contribution in [3.05, 3.63) is 29.5 Å². The summed E-state index contributed by atoms with van der Waals surface area (Å²) in [6.07, 6.45) is 5.38. The van der Waals surface area contributed by atoms with Gasteiger partial charge in [0.25, 0.3) is 0 Å². The van der Waals surface area contributed by atoms with Gasteiger partial charge < -0.3 is 15.6 Å². The Kier molecular flexibility index (Phi) is 3.64. The average molecular weight is 285 g/mol. The summed E-state index contributed by atoms with van der Waals surface area (Å²) in [5, 5.41) is 9.89. The summed E-state index contributed by atoms with van der Waals surface area (Å²) >= 11 is 0. The molecule has 0 atom stereocenters. The minimum atomic E-state index is 0.0760. The second-order valence-corrected chi connectivity index (χ2v) is 5.30. The molecule has 0 saturated heterocycles. The number of anilines is 1. The van der Waals surface area contributed by atoms with Gasteiger partial charge in [-0.15, -0.1) is 0 Å². The first kappa shape index (κ1) is 13.7. The van der Waals surface area contributed by atoms with Gasteiger partial charge in [0.15, 0.2) is 17.3 Å². The summed E-state index contributed by atoms with van der Waals surface area (Å²) < 4.78 is 5.05. The maximum Gasteiger partial charge on any atom is 0.161 e. The van der Waals surface area contributed by atoms with Crippen molar-refractivity contribution in [2.45, 2.75) is 32.1 Å². The Hall–Kier alpha value is -2.30. The van der Waals surface area contributed by atoms with Gasteiger partial charge in [-0.3, -0.25) is 0 Å². The molecule has 3 rings (SSSR count). The highest BCUT2D eigenvalue weighted by atomic mass is 16.5. The molecule has 0 radical (unpaired) electrons. The molecule has 1 aliphatic rings. The highest BCUT2D eigenvalue weighted by Gasteiger charge is 2.16. The molecule has 3 N–H and O–H groups in total. The number of hydrogen-bond donors (Lipinski definition) is 2. The fraction of sp³-hybridized carbons (Fsp3) is 0.375. The summed E-state index contributed by atoms with van der Waals surface area (Å²) in [6, 6.07) is 5.14. The van der Waals surface area contributed by atoms with E-state index in [1.54, 1.807) is 12.1 Å². The molecule has 0 saturated carbocycles. The molecule has 0 aliphatic heterocycles. The van der Waals surface area contributed by atoms with Crippen LogP contribution in [-0.2, 0) is 12.8 Å². The van der Waals surface area contributed by atoms with Gasteiger partial charge in [-0.2, -0.15) is 0 Å². The summed E-state index contributed by atoms with van der Waals surface area (Å²) in [4.78, 5) is 9.07. The van der Waals surface area contributed by atoms with Crippen molar-refractivity contribution < 1.29 is 9.84 Å². The number of rotatable bonds is 2. The normalized spacial score (nSPS) is 14.3. The van der Waals surface area contributed by atoms with E-state index in [1.165, 1.54) is 13.5 Å². The van der Waals surface area contributed by atoms with Crippen molar-refractivity contribution >= 4 is 5.82 Å². The van der Waals surface area contributed by atoms with Crippen LogP contribution < -0.4 is 10.5 Å². The number of hydrogen-bond acceptors (Lipinski definition) is 5. The standard InChI is InChI=1S/C16H19N3O2/c1-21-14-8-7-10(9-13(14)20)16-18-12-6-4-2-3-5-11(12)15(17)19-16/h7-9,20H,2-6H2,1H3,(H2,17,18,19). The lowest BCUT2D eigenvalue weighted by Gasteiger charge is -2.11. The molecular formula is C16H19N3O2. The predicted molar refractivity (Wildman–Crippen MR) is 81.4 cm³/mol. The van der Waals surface area contributed by atoms with Crippen LogP contribution in [0, 0.1) is 0 Å². The van der Waals surface area contributed by atoms with Crippen molar-refractivity contribution in [3.8, 4) is 22.9 Å². The number of benzene rings is 1. The number of fused-ring (bicyclic) bond motifs is 1. The van der Waals surface area contributed by atoms with Crippen LogP contribution in [0.5, 0.6) is 11.5 Å². The topological polar surface area (TPSA) is 81.3 Å². The Labute approximate surface area is 123 Å². The third-order valence-corrected chi connectivity index (χ3v) is 3.90. The van der Waals surface area contributed by atoms with Gasteiger partial charge in [-0.25, -0.2) is 9.97 Å². The Morgan fingerprint density at radius 3 is 2.71 bits per heavy atom. The molecule has 21 heavy (non-hydrogen) atoms. The molecule has 0 amide bonds. The van der Waals surface area contributed by atoms with Gasteiger partial charge >= 0.3 is 0 Å². The molecule has 0 bridgehead atoms. The molecule has 1 aliphatic carbocycles. The van der Waals surface area contributed by atoms with Gasteiger partial charge in [-0.1, -0.05) is 6.42 Å². The van der Waals surface area contributed by atoms with E-state index in [0.29, 0.717) is 17.4 Å². The number of phenolic OH excluding ortho intramolecular Hbond substituents is 1. The minimum Gasteiger partial charge on any atom is -0.504 e. The van der Waals surface area contributed by atoms with Crippen LogP contribution in [0.15, 0.2) is 18.2 Å². The lowest BCUT2D eigenvalue weighted by molar-refractivity contribution is 0.373. The fourth-order valence-corrected chi connectivity index (χ4v) is 2.76. The first-order valence-corrected chi connectivity index (χ1v) is 7.21. The van der Waals surface area contributed by atoms with E-state index >= 15 is 0 Å². The zero-order valence-electron chi connectivity index (χ0n) is 12.1. The van der Waals surface area contributed by atoms with Crippen LogP contribution in [0.2, 0.25) is 0 Å². The Balaban J connectivity index is 2.05. The van der Waals surface area contributed by atoms with Crippen LogP contribution in [0.1, 0.15) is 30.5 Å². The molecular weight excluding hydrogens is 266 g/mol. The van der Waals surface area contributed by atoms with E-state index in [0.717, 1.165) is 42.5 Å². The second-order valence-electron chi connectivity index (χ2n) is 5.30.